The zero-order valence-electron chi connectivity index (χ0n) is 11.2. The van der Waals surface area contributed by atoms with Gasteiger partial charge in [0.2, 0.25) is 5.91 Å². The van der Waals surface area contributed by atoms with E-state index in [4.69, 9.17) is 0 Å². The minimum Gasteiger partial charge on any atom is -0.340 e. The van der Waals surface area contributed by atoms with Crippen LogP contribution >= 0.6 is 36.2 Å². The van der Waals surface area contributed by atoms with Crippen molar-refractivity contribution in [3.63, 3.8) is 0 Å². The maximum Gasteiger partial charge on any atom is 0.228 e. The van der Waals surface area contributed by atoms with E-state index in [1.165, 1.54) is 0 Å². The Morgan fingerprint density at radius 3 is 2.89 bits per heavy atom. The lowest BCUT2D eigenvalue weighted by molar-refractivity contribution is -0.131. The first-order valence-electron chi connectivity index (χ1n) is 6.13. The molecule has 1 aromatic heterocycles. The number of nitrogens with zero attached hydrogens (tertiary/aromatic N) is 2. The van der Waals surface area contributed by atoms with Crippen LogP contribution in [0.2, 0.25) is 0 Å². The number of carbonyl (C=O) groups is 1. The van der Waals surface area contributed by atoms with E-state index in [9.17, 15) is 4.79 Å². The minimum absolute atomic E-state index is 0. The third-order valence-electron chi connectivity index (χ3n) is 2.96. The fourth-order valence-electron chi connectivity index (χ4n) is 2.02. The highest BCUT2D eigenvalue weighted by Crippen LogP contribution is 2.12. The van der Waals surface area contributed by atoms with Crippen LogP contribution in [0.5, 0.6) is 0 Å². The summed E-state index contributed by atoms with van der Waals surface area (Å²) >= 11 is 1.64. The second-order valence-electron chi connectivity index (χ2n) is 4.46. The predicted octanol–water partition coefficient (Wildman–Crippen LogP) is 1.91. The van der Waals surface area contributed by atoms with E-state index in [2.05, 4.69) is 24.1 Å². The number of halogens is 2. The Balaban J connectivity index is 0.00000162. The second kappa shape index (κ2) is 8.74. The van der Waals surface area contributed by atoms with Gasteiger partial charge in [0, 0.05) is 31.1 Å². The summed E-state index contributed by atoms with van der Waals surface area (Å²) in [7, 11) is 0. The highest BCUT2D eigenvalue weighted by Gasteiger charge is 2.21. The first-order chi connectivity index (χ1) is 8.19. The smallest absolute Gasteiger partial charge is 0.228 e. The van der Waals surface area contributed by atoms with E-state index < -0.39 is 0 Å². The lowest BCUT2D eigenvalue weighted by atomic mass is 10.2. The van der Waals surface area contributed by atoms with E-state index in [1.807, 2.05) is 10.3 Å². The molecule has 19 heavy (non-hydrogen) atoms. The topological polar surface area (TPSA) is 45.2 Å². The van der Waals surface area contributed by atoms with Crippen LogP contribution in [-0.4, -0.2) is 41.5 Å². The first kappa shape index (κ1) is 18.6. The van der Waals surface area contributed by atoms with Gasteiger partial charge in [-0.15, -0.1) is 36.2 Å². The molecule has 1 saturated heterocycles. The van der Waals surface area contributed by atoms with Gasteiger partial charge < -0.3 is 10.2 Å². The molecule has 4 nitrogen and oxygen atoms in total. The van der Waals surface area contributed by atoms with Crippen LogP contribution in [0.15, 0.2) is 5.38 Å². The molecular weight excluding hydrogens is 305 g/mol. The summed E-state index contributed by atoms with van der Waals surface area (Å²) in [5.74, 6) is 0.200. The van der Waals surface area contributed by atoms with E-state index >= 15 is 0 Å². The number of rotatable bonds is 3. The summed E-state index contributed by atoms with van der Waals surface area (Å²) in [6.07, 6.45) is 1.40. The number of nitrogens with one attached hydrogen (secondary N) is 1. The molecule has 2 rings (SSSR count). The highest BCUT2D eigenvalue weighted by molar-refractivity contribution is 7.09. The summed E-state index contributed by atoms with van der Waals surface area (Å²) in [6.45, 7) is 6.71. The Kier molecular flexibility index (Phi) is 8.57. The predicted molar refractivity (Wildman–Crippen MR) is 83.7 cm³/mol. The normalized spacial score (nSPS) is 18.4. The molecule has 1 aromatic rings. The fourth-order valence-corrected chi connectivity index (χ4v) is 2.76. The van der Waals surface area contributed by atoms with Crippen LogP contribution < -0.4 is 5.32 Å². The molecule has 1 atom stereocenters. The quantitative estimate of drug-likeness (QED) is 0.923. The van der Waals surface area contributed by atoms with Gasteiger partial charge in [-0.3, -0.25) is 4.79 Å². The van der Waals surface area contributed by atoms with Crippen molar-refractivity contribution in [3.8, 4) is 0 Å². The summed E-state index contributed by atoms with van der Waals surface area (Å²) < 4.78 is 0. The molecule has 7 heteroatoms. The number of aryl methyl sites for hydroxylation is 1. The largest absolute Gasteiger partial charge is 0.340 e. The van der Waals surface area contributed by atoms with Crippen molar-refractivity contribution in [3.05, 3.63) is 16.1 Å². The third kappa shape index (κ3) is 5.26. The van der Waals surface area contributed by atoms with Gasteiger partial charge in [0.25, 0.3) is 0 Å². The zero-order valence-corrected chi connectivity index (χ0v) is 13.7. The molecule has 2 heterocycles. The van der Waals surface area contributed by atoms with Gasteiger partial charge in [-0.25, -0.2) is 4.98 Å². The Morgan fingerprint density at radius 2 is 2.32 bits per heavy atom. The lowest BCUT2D eigenvalue weighted by Gasteiger charge is -2.31. The molecule has 0 bridgehead atoms. The molecule has 110 valence electrons. The molecule has 1 unspecified atom stereocenters. The monoisotopic (exact) mass is 325 g/mol. The maximum absolute atomic E-state index is 12.1. The van der Waals surface area contributed by atoms with Gasteiger partial charge in [0.05, 0.1) is 17.1 Å². The summed E-state index contributed by atoms with van der Waals surface area (Å²) in [4.78, 5) is 18.4. The molecule has 1 amide bonds. The summed E-state index contributed by atoms with van der Waals surface area (Å²) in [5.41, 5.74) is 0.919. The number of thiazole rings is 1. The molecule has 1 aliphatic heterocycles. The maximum atomic E-state index is 12.1. The molecule has 0 aliphatic carbocycles. The van der Waals surface area contributed by atoms with Crippen molar-refractivity contribution in [2.45, 2.75) is 32.7 Å². The number of aromatic nitrogens is 1. The van der Waals surface area contributed by atoms with Crippen molar-refractivity contribution in [1.82, 2.24) is 15.2 Å². The molecule has 1 fully saturated rings. The third-order valence-corrected chi connectivity index (χ3v) is 4.00. The molecule has 0 aromatic carbocycles. The van der Waals surface area contributed by atoms with Gasteiger partial charge in [-0.2, -0.15) is 0 Å². The fraction of sp³-hybridized carbons (Fsp3) is 0.667. The molecule has 0 saturated carbocycles. The number of hydrogen-bond acceptors (Lipinski definition) is 4. The van der Waals surface area contributed by atoms with Gasteiger partial charge >= 0.3 is 0 Å². The van der Waals surface area contributed by atoms with Crippen LogP contribution in [0.25, 0.3) is 0 Å². The SMILES string of the molecule is CCc1nc(CC(=O)N2CCNC(C)C2)cs1.Cl.Cl. The Hall–Kier alpha value is -0.360. The van der Waals surface area contributed by atoms with Gasteiger partial charge in [-0.05, 0) is 13.3 Å². The van der Waals surface area contributed by atoms with Gasteiger partial charge in [0.1, 0.15) is 0 Å². The molecular formula is C12H21Cl2N3OS. The highest BCUT2D eigenvalue weighted by atomic mass is 35.5. The number of piperazine rings is 1. The van der Waals surface area contributed by atoms with Crippen molar-refractivity contribution < 1.29 is 4.79 Å². The summed E-state index contributed by atoms with van der Waals surface area (Å²) in [5, 5.41) is 6.45. The second-order valence-corrected chi connectivity index (χ2v) is 5.40. The standard InChI is InChI=1S/C12H19N3OS.2ClH/c1-3-11-14-10(8-17-11)6-12(16)15-5-4-13-9(2)7-15;;/h8-9,13H,3-7H2,1-2H3;2*1H. The van der Waals surface area contributed by atoms with Crippen molar-refractivity contribution in [2.75, 3.05) is 19.6 Å². The van der Waals surface area contributed by atoms with Crippen LogP contribution in [0, 0.1) is 0 Å². The van der Waals surface area contributed by atoms with E-state index in [0.29, 0.717) is 12.5 Å². The van der Waals surface area contributed by atoms with Crippen molar-refractivity contribution in [1.29, 1.82) is 0 Å². The Bertz CT molecular complexity index is 400. The molecule has 1 aliphatic rings. The van der Waals surface area contributed by atoms with Gasteiger partial charge in [-0.1, -0.05) is 6.92 Å². The van der Waals surface area contributed by atoms with Gasteiger partial charge in [0.15, 0.2) is 0 Å². The van der Waals surface area contributed by atoms with E-state index in [1.54, 1.807) is 11.3 Å². The van der Waals surface area contributed by atoms with Crippen LogP contribution in [0.3, 0.4) is 0 Å². The van der Waals surface area contributed by atoms with E-state index in [0.717, 1.165) is 36.8 Å². The van der Waals surface area contributed by atoms with Crippen LogP contribution in [-0.2, 0) is 17.6 Å². The van der Waals surface area contributed by atoms with Crippen molar-refractivity contribution in [2.24, 2.45) is 0 Å². The number of amides is 1. The average Bonchev–Trinajstić information content (AvgIpc) is 2.77. The Labute approximate surface area is 130 Å². The first-order valence-corrected chi connectivity index (χ1v) is 7.01. The molecule has 1 N–H and O–H groups in total. The average molecular weight is 326 g/mol. The van der Waals surface area contributed by atoms with Crippen LogP contribution in [0.4, 0.5) is 0 Å². The van der Waals surface area contributed by atoms with Crippen molar-refractivity contribution >= 4 is 42.1 Å². The van der Waals surface area contributed by atoms with Crippen LogP contribution in [0.1, 0.15) is 24.5 Å². The number of carbonyl (C=O) groups excluding carboxylic acids is 1. The molecule has 0 spiro atoms. The Morgan fingerprint density at radius 1 is 1.58 bits per heavy atom. The molecule has 0 radical (unpaired) electrons. The minimum atomic E-state index is 0. The zero-order chi connectivity index (χ0) is 12.3. The summed E-state index contributed by atoms with van der Waals surface area (Å²) in [6, 6.07) is 0.398. The lowest BCUT2D eigenvalue weighted by Crippen LogP contribution is -2.51. The number of hydrogen-bond donors (Lipinski definition) is 1. The van der Waals surface area contributed by atoms with E-state index in [-0.39, 0.29) is 30.7 Å².